The van der Waals surface area contributed by atoms with E-state index < -0.39 is 12.0 Å². The van der Waals surface area contributed by atoms with Crippen molar-refractivity contribution >= 4 is 16.9 Å². The van der Waals surface area contributed by atoms with Crippen LogP contribution >= 0.6 is 0 Å². The van der Waals surface area contributed by atoms with Crippen LogP contribution in [0.25, 0.3) is 10.9 Å². The number of likely N-dealkylation sites (N-methyl/N-ethyl adjacent to an activating group) is 1. The molecule has 3 N–H and O–H groups in total. The Morgan fingerprint density at radius 1 is 1.41 bits per heavy atom. The largest absolute Gasteiger partial charge is 0.480 e. The number of aryl methyl sites for hydroxylation is 1. The van der Waals surface area contributed by atoms with Gasteiger partial charge in [0.2, 0.25) is 0 Å². The van der Waals surface area contributed by atoms with Crippen LogP contribution in [0.5, 0.6) is 0 Å². The van der Waals surface area contributed by atoms with Gasteiger partial charge in [-0.05, 0) is 49.7 Å². The Morgan fingerprint density at radius 3 is 2.68 bits per heavy atom. The van der Waals surface area contributed by atoms with Crippen molar-refractivity contribution in [3.05, 3.63) is 34.5 Å². The number of aliphatic carboxylic acids is 1. The Balaban J connectivity index is 2.16. The first-order valence-corrected chi connectivity index (χ1v) is 7.81. The molecule has 1 unspecified atom stereocenters. The summed E-state index contributed by atoms with van der Waals surface area (Å²) in [7, 11) is 1.70. The SMILES string of the molecule is CCn1c(C)c(CC(NC)C(=O)O)c2cc3c(cc21)CNC3. The van der Waals surface area contributed by atoms with Crippen LogP contribution < -0.4 is 10.6 Å². The third kappa shape index (κ3) is 2.30. The molecule has 1 aromatic heterocycles. The molecule has 0 spiro atoms. The third-order valence-electron chi connectivity index (χ3n) is 4.78. The van der Waals surface area contributed by atoms with Crippen molar-refractivity contribution in [1.82, 2.24) is 15.2 Å². The molecule has 1 aliphatic rings. The van der Waals surface area contributed by atoms with Crippen LogP contribution in [0, 0.1) is 6.92 Å². The lowest BCUT2D eigenvalue weighted by atomic mass is 10.00. The maximum atomic E-state index is 11.4. The summed E-state index contributed by atoms with van der Waals surface area (Å²) >= 11 is 0. The quantitative estimate of drug-likeness (QED) is 0.788. The number of nitrogens with zero attached hydrogens (tertiary/aromatic N) is 1. The minimum absolute atomic E-state index is 0.507. The molecule has 1 aromatic carbocycles. The highest BCUT2D eigenvalue weighted by atomic mass is 16.4. The standard InChI is InChI=1S/C17H23N3O2/c1-4-20-10(2)13(7-15(18-3)17(21)22)14-5-11-8-19-9-12(11)6-16(14)20/h5-6,15,18-19H,4,7-9H2,1-3H3,(H,21,22). The fourth-order valence-electron chi connectivity index (χ4n) is 3.52. The van der Waals surface area contributed by atoms with Crippen molar-refractivity contribution < 1.29 is 9.90 Å². The second-order valence-electron chi connectivity index (χ2n) is 5.93. The lowest BCUT2D eigenvalue weighted by Gasteiger charge is -2.12. The molecule has 118 valence electrons. The maximum absolute atomic E-state index is 11.4. The van der Waals surface area contributed by atoms with E-state index in [0.717, 1.165) is 25.2 Å². The van der Waals surface area contributed by atoms with E-state index in [9.17, 15) is 9.90 Å². The average Bonchev–Trinajstić information content (AvgIpc) is 3.04. The second kappa shape index (κ2) is 5.74. The van der Waals surface area contributed by atoms with Gasteiger partial charge in [0.1, 0.15) is 6.04 Å². The molecule has 22 heavy (non-hydrogen) atoms. The second-order valence-corrected chi connectivity index (χ2v) is 5.93. The van der Waals surface area contributed by atoms with E-state index in [2.05, 4.69) is 41.2 Å². The molecule has 0 amide bonds. The Labute approximate surface area is 130 Å². The van der Waals surface area contributed by atoms with Crippen LogP contribution in [0.2, 0.25) is 0 Å². The van der Waals surface area contributed by atoms with E-state index in [1.165, 1.54) is 27.7 Å². The molecule has 3 rings (SSSR count). The number of carboxylic acids is 1. The maximum Gasteiger partial charge on any atom is 0.321 e. The number of aromatic nitrogens is 1. The van der Waals surface area contributed by atoms with Crippen molar-refractivity contribution in [3.63, 3.8) is 0 Å². The molecule has 5 nitrogen and oxygen atoms in total. The number of fused-ring (bicyclic) bond motifs is 2. The predicted octanol–water partition coefficient (Wildman–Crippen LogP) is 1.79. The number of carbonyl (C=O) groups is 1. The molecular weight excluding hydrogens is 278 g/mol. The van der Waals surface area contributed by atoms with Crippen LogP contribution in [-0.4, -0.2) is 28.7 Å². The molecule has 0 saturated carbocycles. The number of carboxylic acid groups (broad SMARTS) is 1. The average molecular weight is 301 g/mol. The summed E-state index contributed by atoms with van der Waals surface area (Å²) in [5.41, 5.74) is 6.23. The number of rotatable bonds is 5. The van der Waals surface area contributed by atoms with Crippen LogP contribution in [0.3, 0.4) is 0 Å². The van der Waals surface area contributed by atoms with Gasteiger partial charge in [0.15, 0.2) is 0 Å². The highest BCUT2D eigenvalue weighted by Gasteiger charge is 2.23. The van der Waals surface area contributed by atoms with E-state index in [1.54, 1.807) is 7.05 Å². The summed E-state index contributed by atoms with van der Waals surface area (Å²) in [6.07, 6.45) is 0.507. The fourth-order valence-corrected chi connectivity index (χ4v) is 3.52. The zero-order valence-electron chi connectivity index (χ0n) is 13.4. The van der Waals surface area contributed by atoms with Gasteiger partial charge in [-0.1, -0.05) is 0 Å². The van der Waals surface area contributed by atoms with E-state index in [-0.39, 0.29) is 0 Å². The molecule has 0 fully saturated rings. The monoisotopic (exact) mass is 301 g/mol. The molecule has 0 bridgehead atoms. The third-order valence-corrected chi connectivity index (χ3v) is 4.78. The van der Waals surface area contributed by atoms with Gasteiger partial charge in [0, 0.05) is 42.7 Å². The molecular formula is C17H23N3O2. The lowest BCUT2D eigenvalue weighted by Crippen LogP contribution is -2.35. The molecule has 0 aliphatic carbocycles. The minimum atomic E-state index is -0.804. The smallest absolute Gasteiger partial charge is 0.321 e. The van der Waals surface area contributed by atoms with Crippen molar-refractivity contribution in [2.75, 3.05) is 7.05 Å². The molecule has 2 heterocycles. The molecule has 1 aliphatic heterocycles. The van der Waals surface area contributed by atoms with Crippen LogP contribution in [-0.2, 0) is 30.8 Å². The van der Waals surface area contributed by atoms with Gasteiger partial charge in [-0.3, -0.25) is 4.79 Å². The normalized spacial score (nSPS) is 15.2. The number of benzene rings is 1. The van der Waals surface area contributed by atoms with Gasteiger partial charge < -0.3 is 20.3 Å². The molecule has 5 heteroatoms. The van der Waals surface area contributed by atoms with E-state index >= 15 is 0 Å². The summed E-state index contributed by atoms with van der Waals surface area (Å²) in [5, 5.41) is 16.8. The van der Waals surface area contributed by atoms with Gasteiger partial charge in [-0.2, -0.15) is 0 Å². The van der Waals surface area contributed by atoms with E-state index in [4.69, 9.17) is 0 Å². The zero-order valence-corrected chi connectivity index (χ0v) is 13.4. The first kappa shape index (κ1) is 15.1. The Kier molecular flexibility index (Phi) is 3.93. The van der Waals surface area contributed by atoms with Crippen molar-refractivity contribution in [2.45, 2.75) is 45.9 Å². The fraction of sp³-hybridized carbons (Fsp3) is 0.471. The van der Waals surface area contributed by atoms with Gasteiger partial charge >= 0.3 is 5.97 Å². The van der Waals surface area contributed by atoms with Gasteiger partial charge in [0.25, 0.3) is 0 Å². The van der Waals surface area contributed by atoms with E-state index in [1.807, 2.05) is 0 Å². The first-order chi connectivity index (χ1) is 10.6. The summed E-state index contributed by atoms with van der Waals surface area (Å²) in [5.74, 6) is -0.804. The van der Waals surface area contributed by atoms with Crippen molar-refractivity contribution in [1.29, 1.82) is 0 Å². The minimum Gasteiger partial charge on any atom is -0.480 e. The summed E-state index contributed by atoms with van der Waals surface area (Å²) in [6.45, 7) is 6.94. The number of hydrogen-bond acceptors (Lipinski definition) is 3. The summed E-state index contributed by atoms with van der Waals surface area (Å²) in [6, 6.07) is 3.95. The van der Waals surface area contributed by atoms with Crippen molar-refractivity contribution in [2.24, 2.45) is 0 Å². The lowest BCUT2D eigenvalue weighted by molar-refractivity contribution is -0.139. The molecule has 1 atom stereocenters. The van der Waals surface area contributed by atoms with Crippen molar-refractivity contribution in [3.8, 4) is 0 Å². The van der Waals surface area contributed by atoms with Gasteiger partial charge in [-0.25, -0.2) is 0 Å². The highest BCUT2D eigenvalue weighted by molar-refractivity contribution is 5.88. The number of nitrogens with one attached hydrogen (secondary N) is 2. The topological polar surface area (TPSA) is 66.3 Å². The van der Waals surface area contributed by atoms with Gasteiger partial charge in [0.05, 0.1) is 0 Å². The summed E-state index contributed by atoms with van der Waals surface area (Å²) in [4.78, 5) is 11.4. The number of hydrogen-bond donors (Lipinski definition) is 3. The van der Waals surface area contributed by atoms with Crippen LogP contribution in [0.1, 0.15) is 29.3 Å². The summed E-state index contributed by atoms with van der Waals surface area (Å²) < 4.78 is 2.29. The van der Waals surface area contributed by atoms with Crippen LogP contribution in [0.4, 0.5) is 0 Å². The molecule has 2 aromatic rings. The Hall–Kier alpha value is -1.85. The zero-order chi connectivity index (χ0) is 15.9. The highest BCUT2D eigenvalue weighted by Crippen LogP contribution is 2.31. The van der Waals surface area contributed by atoms with Gasteiger partial charge in [-0.15, -0.1) is 0 Å². The molecule has 0 radical (unpaired) electrons. The predicted molar refractivity (Wildman–Crippen MR) is 87.1 cm³/mol. The van der Waals surface area contributed by atoms with Crippen LogP contribution in [0.15, 0.2) is 12.1 Å². The molecule has 0 saturated heterocycles. The first-order valence-electron chi connectivity index (χ1n) is 7.81. The van der Waals surface area contributed by atoms with E-state index in [0.29, 0.717) is 6.42 Å². The Morgan fingerprint density at radius 2 is 2.09 bits per heavy atom. The Bertz CT molecular complexity index is 733.